The summed E-state index contributed by atoms with van der Waals surface area (Å²) in [4.78, 5) is 12.2. The van der Waals surface area contributed by atoms with Gasteiger partial charge in [0.15, 0.2) is 29.2 Å². The Hall–Kier alpha value is -1.92. The summed E-state index contributed by atoms with van der Waals surface area (Å²) in [6, 6.07) is 0. The lowest BCUT2D eigenvalue weighted by Crippen LogP contribution is -2.51. The summed E-state index contributed by atoms with van der Waals surface area (Å²) in [5, 5.41) is 0. The van der Waals surface area contributed by atoms with E-state index in [2.05, 4.69) is 15.0 Å². The first kappa shape index (κ1) is 21.3. The van der Waals surface area contributed by atoms with Crippen molar-refractivity contribution in [3.63, 3.8) is 0 Å². The molecule has 2 aromatic rings. The Morgan fingerprint density at radius 3 is 2.83 bits per heavy atom. The zero-order chi connectivity index (χ0) is 21.9. The molecule has 0 saturated carbocycles. The maximum absolute atomic E-state index is 15.9. The van der Waals surface area contributed by atoms with E-state index in [0.29, 0.717) is 0 Å². The molecular weight excluding hydrogens is 427 g/mol. The van der Waals surface area contributed by atoms with Crippen LogP contribution in [0.3, 0.4) is 0 Å². The summed E-state index contributed by atoms with van der Waals surface area (Å²) >= 11 is 0. The standard InChI is InChI=1S/C16H22F2N5O6P/c1-5-25-11-9-10(21-14(19)22-11)23(7-20-9)13-15(4,17)12-16(18,27-13)6-26-30(24,29-12)28-8(2)3/h7-8,12-13H,5-6H2,1-4H3,(H2,19,21,22). The number of fused-ring (bicyclic) bond motifs is 2. The van der Waals surface area contributed by atoms with Gasteiger partial charge in [0, 0.05) is 0 Å². The van der Waals surface area contributed by atoms with Gasteiger partial charge in [0.05, 0.1) is 19.0 Å². The van der Waals surface area contributed by atoms with Gasteiger partial charge in [-0.25, -0.2) is 18.3 Å². The fourth-order valence-electron chi connectivity index (χ4n) is 3.49. The van der Waals surface area contributed by atoms with Crippen molar-refractivity contribution in [1.29, 1.82) is 0 Å². The molecule has 2 N–H and O–H groups in total. The highest BCUT2D eigenvalue weighted by Crippen LogP contribution is 2.63. The molecule has 2 aliphatic rings. The number of anilines is 1. The van der Waals surface area contributed by atoms with E-state index < -0.39 is 44.4 Å². The Morgan fingerprint density at radius 1 is 1.43 bits per heavy atom. The Bertz CT molecular complexity index is 1020. The van der Waals surface area contributed by atoms with Crippen LogP contribution in [-0.4, -0.2) is 56.5 Å². The number of hydrogen-bond donors (Lipinski definition) is 1. The number of alkyl halides is 2. The molecule has 11 nitrogen and oxygen atoms in total. The van der Waals surface area contributed by atoms with Crippen LogP contribution < -0.4 is 10.5 Å². The van der Waals surface area contributed by atoms with Crippen LogP contribution in [0, 0.1) is 0 Å². The minimum atomic E-state index is -4.19. The van der Waals surface area contributed by atoms with Crippen molar-refractivity contribution >= 4 is 24.9 Å². The molecule has 0 radical (unpaired) electrons. The number of halogens is 2. The predicted octanol–water partition coefficient (Wildman–Crippen LogP) is 2.68. The third-order valence-electron chi connectivity index (χ3n) is 4.63. The Morgan fingerprint density at radius 2 is 2.17 bits per heavy atom. The first-order valence-corrected chi connectivity index (χ1v) is 10.7. The molecule has 0 amide bonds. The number of nitrogens with two attached hydrogens (primary N) is 1. The molecule has 0 spiro atoms. The van der Waals surface area contributed by atoms with Crippen LogP contribution >= 0.6 is 7.82 Å². The third kappa shape index (κ3) is 3.34. The van der Waals surface area contributed by atoms with Crippen LogP contribution in [-0.2, 0) is 22.9 Å². The van der Waals surface area contributed by atoms with E-state index in [4.69, 9.17) is 28.8 Å². The van der Waals surface area contributed by atoms with Gasteiger partial charge in [0.2, 0.25) is 11.8 Å². The summed E-state index contributed by atoms with van der Waals surface area (Å²) in [5.41, 5.74) is 3.49. The van der Waals surface area contributed by atoms with Crippen LogP contribution in [0.2, 0.25) is 0 Å². The van der Waals surface area contributed by atoms with Gasteiger partial charge >= 0.3 is 7.82 Å². The van der Waals surface area contributed by atoms with Crippen molar-refractivity contribution in [2.24, 2.45) is 0 Å². The average molecular weight is 449 g/mol. The van der Waals surface area contributed by atoms with Crippen molar-refractivity contribution in [2.75, 3.05) is 18.9 Å². The van der Waals surface area contributed by atoms with E-state index in [9.17, 15) is 4.57 Å². The number of hydrogen-bond acceptors (Lipinski definition) is 10. The van der Waals surface area contributed by atoms with E-state index >= 15 is 8.78 Å². The number of ether oxygens (including phenoxy) is 2. The van der Waals surface area contributed by atoms with Gasteiger partial charge in [-0.05, 0) is 27.7 Å². The minimum absolute atomic E-state index is 0.0737. The average Bonchev–Trinajstić information content (AvgIpc) is 3.13. The third-order valence-corrected chi connectivity index (χ3v) is 6.22. The first-order chi connectivity index (χ1) is 14.0. The highest BCUT2D eigenvalue weighted by molar-refractivity contribution is 7.48. The first-order valence-electron chi connectivity index (χ1n) is 9.29. The SMILES string of the molecule is CCOc1nc(N)nc2c1ncn2C1OC2(F)COP(=O)(OC(C)C)OC2C1(C)F. The van der Waals surface area contributed by atoms with Gasteiger partial charge in [-0.3, -0.25) is 18.1 Å². The Labute approximate surface area is 170 Å². The lowest BCUT2D eigenvalue weighted by molar-refractivity contribution is -0.220. The molecule has 166 valence electrons. The second-order valence-corrected chi connectivity index (χ2v) is 8.99. The maximum atomic E-state index is 15.9. The second-order valence-electron chi connectivity index (χ2n) is 7.41. The van der Waals surface area contributed by atoms with E-state index in [-0.39, 0.29) is 29.6 Å². The summed E-state index contributed by atoms with van der Waals surface area (Å²) in [6.07, 6.45) is -2.83. The molecule has 2 saturated heterocycles. The number of nitrogen functional groups attached to an aromatic ring is 1. The van der Waals surface area contributed by atoms with Gasteiger partial charge < -0.3 is 15.2 Å². The van der Waals surface area contributed by atoms with Crippen molar-refractivity contribution in [3.05, 3.63) is 6.33 Å². The highest BCUT2D eigenvalue weighted by atomic mass is 31.2. The molecule has 5 unspecified atom stereocenters. The molecule has 0 aromatic carbocycles. The Kier molecular flexibility index (Phi) is 5.02. The van der Waals surface area contributed by atoms with Gasteiger partial charge in [0.1, 0.15) is 6.61 Å². The van der Waals surface area contributed by atoms with Crippen molar-refractivity contribution < 1.29 is 36.4 Å². The number of nitrogens with zero attached hydrogens (tertiary/aromatic N) is 4. The van der Waals surface area contributed by atoms with Crippen LogP contribution in [0.4, 0.5) is 14.7 Å². The van der Waals surface area contributed by atoms with Crippen LogP contribution in [0.5, 0.6) is 5.88 Å². The summed E-state index contributed by atoms with van der Waals surface area (Å²) in [5.74, 6) is -2.77. The molecule has 2 aliphatic heterocycles. The molecule has 2 fully saturated rings. The molecule has 2 aromatic heterocycles. The van der Waals surface area contributed by atoms with Crippen molar-refractivity contribution in [1.82, 2.24) is 19.5 Å². The maximum Gasteiger partial charge on any atom is 0.475 e. The Balaban J connectivity index is 1.74. The molecule has 14 heteroatoms. The molecule has 4 heterocycles. The van der Waals surface area contributed by atoms with E-state index in [1.54, 1.807) is 20.8 Å². The number of aromatic nitrogens is 4. The van der Waals surface area contributed by atoms with Crippen LogP contribution in [0.1, 0.15) is 33.9 Å². The van der Waals surface area contributed by atoms with Crippen LogP contribution in [0.25, 0.3) is 11.2 Å². The fraction of sp³-hybridized carbons (Fsp3) is 0.688. The topological polar surface area (TPSA) is 133 Å². The smallest absolute Gasteiger partial charge is 0.475 e. The predicted molar refractivity (Wildman–Crippen MR) is 99.0 cm³/mol. The molecule has 5 atom stereocenters. The number of rotatable bonds is 5. The summed E-state index contributed by atoms with van der Waals surface area (Å²) in [7, 11) is -4.19. The van der Waals surface area contributed by atoms with E-state index in [0.717, 1.165) is 11.5 Å². The summed E-state index contributed by atoms with van der Waals surface area (Å²) in [6.45, 7) is 5.42. The summed E-state index contributed by atoms with van der Waals surface area (Å²) < 4.78 is 71.2. The minimum Gasteiger partial charge on any atom is -0.476 e. The van der Waals surface area contributed by atoms with E-state index in [1.807, 2.05) is 0 Å². The van der Waals surface area contributed by atoms with Crippen molar-refractivity contribution in [3.8, 4) is 5.88 Å². The van der Waals surface area contributed by atoms with Crippen LogP contribution in [0.15, 0.2) is 6.33 Å². The highest BCUT2D eigenvalue weighted by Gasteiger charge is 2.70. The molecule has 0 aliphatic carbocycles. The molecule has 30 heavy (non-hydrogen) atoms. The van der Waals surface area contributed by atoms with E-state index in [1.165, 1.54) is 6.33 Å². The van der Waals surface area contributed by atoms with Gasteiger partial charge in [-0.15, -0.1) is 0 Å². The van der Waals surface area contributed by atoms with Gasteiger partial charge in [-0.1, -0.05) is 0 Å². The lowest BCUT2D eigenvalue weighted by atomic mass is 9.97. The van der Waals surface area contributed by atoms with Gasteiger partial charge in [-0.2, -0.15) is 9.97 Å². The fourth-order valence-corrected chi connectivity index (χ4v) is 5.13. The zero-order valence-electron chi connectivity index (χ0n) is 16.7. The van der Waals surface area contributed by atoms with Crippen molar-refractivity contribution in [2.45, 2.75) is 57.7 Å². The number of imidazole rings is 1. The lowest BCUT2D eigenvalue weighted by Gasteiger charge is -2.36. The van der Waals surface area contributed by atoms with Gasteiger partial charge in [0.25, 0.3) is 5.85 Å². The normalized spacial score (nSPS) is 36.4. The number of phosphoric ester groups is 1. The molecular formula is C16H22F2N5O6P. The monoisotopic (exact) mass is 449 g/mol. The second kappa shape index (κ2) is 7.06. The zero-order valence-corrected chi connectivity index (χ0v) is 17.6. The molecule has 0 bridgehead atoms. The number of phosphoric acid groups is 1. The quantitative estimate of drug-likeness (QED) is 0.679. The largest absolute Gasteiger partial charge is 0.476 e. The molecule has 4 rings (SSSR count).